The number of anilines is 1. The molecule has 0 aliphatic rings. The summed E-state index contributed by atoms with van der Waals surface area (Å²) in [6.07, 6.45) is 4.34. The van der Waals surface area contributed by atoms with Gasteiger partial charge in [0.05, 0.1) is 5.69 Å². The maximum absolute atomic E-state index is 11.1. The minimum Gasteiger partial charge on any atom is -0.272 e. The summed E-state index contributed by atoms with van der Waals surface area (Å²) in [5, 5.41) is 0. The van der Waals surface area contributed by atoms with Crippen molar-refractivity contribution in [3.8, 4) is 0 Å². The topological polar surface area (TPSA) is 37.4 Å². The van der Waals surface area contributed by atoms with Gasteiger partial charge in [0.1, 0.15) is 0 Å². The second-order valence-corrected chi connectivity index (χ2v) is 4.72. The van der Waals surface area contributed by atoms with Crippen LogP contribution in [0.15, 0.2) is 30.3 Å². The quantitative estimate of drug-likeness (QED) is 0.588. The molecule has 3 nitrogen and oxygen atoms in total. The lowest BCUT2D eigenvalue weighted by Gasteiger charge is -2.17. The molecule has 0 atom stereocenters. The Kier molecular flexibility index (Phi) is 5.93. The van der Waals surface area contributed by atoms with Crippen LogP contribution in [0.25, 0.3) is 0 Å². The van der Waals surface area contributed by atoms with Crippen molar-refractivity contribution >= 4 is 16.6 Å². The number of thiol groups is 1. The maximum atomic E-state index is 11.1. The third-order valence-corrected chi connectivity index (χ3v) is 3.30. The molecule has 0 heterocycles. The fourth-order valence-electron chi connectivity index (χ4n) is 1.59. The first-order chi connectivity index (χ1) is 7.75. The first kappa shape index (κ1) is 13.0. The van der Waals surface area contributed by atoms with E-state index in [4.69, 9.17) is 0 Å². The standard InChI is InChI=1S/C12H19NO2S/c1-2-3-4-8-11-13(16(14)15)12-9-6-5-7-10-12/h5-7,9-10,16H,2-4,8,11H2,1H3. The Labute approximate surface area is 99.2 Å². The molecule has 0 saturated heterocycles. The Morgan fingerprint density at radius 2 is 1.75 bits per heavy atom. The molecule has 0 unspecified atom stereocenters. The molecule has 0 aromatic heterocycles. The molecule has 0 amide bonds. The second kappa shape index (κ2) is 7.28. The van der Waals surface area contributed by atoms with Gasteiger partial charge in [0.2, 0.25) is 10.9 Å². The Morgan fingerprint density at radius 1 is 1.06 bits per heavy atom. The van der Waals surface area contributed by atoms with Crippen molar-refractivity contribution < 1.29 is 8.42 Å². The molecule has 0 aliphatic carbocycles. The van der Waals surface area contributed by atoms with Crippen LogP contribution in [0.2, 0.25) is 0 Å². The van der Waals surface area contributed by atoms with E-state index in [1.165, 1.54) is 4.31 Å². The number of rotatable bonds is 7. The van der Waals surface area contributed by atoms with E-state index in [1.807, 2.05) is 30.3 Å². The fourth-order valence-corrected chi connectivity index (χ4v) is 2.22. The van der Waals surface area contributed by atoms with Gasteiger partial charge in [0.25, 0.3) is 0 Å². The van der Waals surface area contributed by atoms with Gasteiger partial charge >= 0.3 is 0 Å². The zero-order chi connectivity index (χ0) is 11.8. The molecular weight excluding hydrogens is 222 g/mol. The van der Waals surface area contributed by atoms with Crippen LogP contribution in [0.4, 0.5) is 5.69 Å². The average molecular weight is 241 g/mol. The highest BCUT2D eigenvalue weighted by Crippen LogP contribution is 2.14. The predicted octanol–water partition coefficient (Wildman–Crippen LogP) is 2.60. The van der Waals surface area contributed by atoms with Crippen molar-refractivity contribution in [1.29, 1.82) is 0 Å². The van der Waals surface area contributed by atoms with Crippen molar-refractivity contribution in [3.05, 3.63) is 30.3 Å². The molecule has 0 bridgehead atoms. The molecule has 4 heteroatoms. The van der Waals surface area contributed by atoms with Crippen LogP contribution in [-0.4, -0.2) is 15.0 Å². The first-order valence-electron chi connectivity index (χ1n) is 5.72. The van der Waals surface area contributed by atoms with Gasteiger partial charge in [0.15, 0.2) is 0 Å². The van der Waals surface area contributed by atoms with E-state index < -0.39 is 10.9 Å². The normalized spacial score (nSPS) is 10.6. The molecular formula is C12H19NO2S. The number of hydrogen-bond acceptors (Lipinski definition) is 2. The Bertz CT molecular complexity index is 355. The molecule has 0 N–H and O–H groups in total. The van der Waals surface area contributed by atoms with E-state index in [-0.39, 0.29) is 0 Å². The molecule has 16 heavy (non-hydrogen) atoms. The van der Waals surface area contributed by atoms with Crippen LogP contribution < -0.4 is 4.31 Å². The zero-order valence-electron chi connectivity index (χ0n) is 9.63. The monoisotopic (exact) mass is 241 g/mol. The lowest BCUT2D eigenvalue weighted by Crippen LogP contribution is -2.22. The van der Waals surface area contributed by atoms with Gasteiger partial charge in [-0.15, -0.1) is 0 Å². The lowest BCUT2D eigenvalue weighted by atomic mass is 10.2. The molecule has 1 aromatic rings. The maximum Gasteiger partial charge on any atom is 0.225 e. The summed E-state index contributed by atoms with van der Waals surface area (Å²) >= 11 is 0. The molecule has 0 fully saturated rings. The highest BCUT2D eigenvalue weighted by atomic mass is 32.2. The number of para-hydroxylation sites is 1. The average Bonchev–Trinajstić information content (AvgIpc) is 2.30. The smallest absolute Gasteiger partial charge is 0.225 e. The van der Waals surface area contributed by atoms with E-state index in [0.717, 1.165) is 31.4 Å². The van der Waals surface area contributed by atoms with Crippen LogP contribution in [0.1, 0.15) is 32.6 Å². The van der Waals surface area contributed by atoms with Gasteiger partial charge in [-0.2, -0.15) is 0 Å². The van der Waals surface area contributed by atoms with E-state index in [9.17, 15) is 8.42 Å². The van der Waals surface area contributed by atoms with E-state index in [1.54, 1.807) is 0 Å². The first-order valence-corrected chi connectivity index (χ1v) is 6.85. The third-order valence-electron chi connectivity index (χ3n) is 2.47. The van der Waals surface area contributed by atoms with E-state index in [0.29, 0.717) is 6.54 Å². The number of unbranched alkanes of at least 4 members (excludes halogenated alkanes) is 3. The van der Waals surface area contributed by atoms with Crippen molar-refractivity contribution in [1.82, 2.24) is 0 Å². The molecule has 0 radical (unpaired) electrons. The summed E-state index contributed by atoms with van der Waals surface area (Å²) in [5.41, 5.74) is 0.759. The van der Waals surface area contributed by atoms with Crippen molar-refractivity contribution in [2.45, 2.75) is 32.6 Å². The van der Waals surface area contributed by atoms with Crippen LogP contribution in [-0.2, 0) is 10.9 Å². The van der Waals surface area contributed by atoms with Crippen LogP contribution >= 0.6 is 0 Å². The summed E-state index contributed by atoms with van der Waals surface area (Å²) in [6, 6.07) is 9.24. The third kappa shape index (κ3) is 4.23. The summed E-state index contributed by atoms with van der Waals surface area (Å²) in [4.78, 5) is 0. The molecule has 1 aromatic carbocycles. The van der Waals surface area contributed by atoms with Crippen molar-refractivity contribution in [3.63, 3.8) is 0 Å². The molecule has 90 valence electrons. The summed E-state index contributed by atoms with van der Waals surface area (Å²) in [5.74, 6) is 0. The highest BCUT2D eigenvalue weighted by molar-refractivity contribution is 7.74. The number of hydrogen-bond donors (Lipinski definition) is 1. The fraction of sp³-hybridized carbons (Fsp3) is 0.500. The van der Waals surface area contributed by atoms with Gasteiger partial charge in [-0.1, -0.05) is 44.4 Å². The van der Waals surface area contributed by atoms with Gasteiger partial charge in [-0.05, 0) is 18.6 Å². The SMILES string of the molecule is CCCCCCN(c1ccccc1)[SH](=O)=O. The number of benzene rings is 1. The van der Waals surface area contributed by atoms with Gasteiger partial charge in [-0.3, -0.25) is 4.31 Å². The van der Waals surface area contributed by atoms with Gasteiger partial charge < -0.3 is 0 Å². The molecule has 0 aliphatic heterocycles. The van der Waals surface area contributed by atoms with Crippen LogP contribution in [0, 0.1) is 0 Å². The van der Waals surface area contributed by atoms with E-state index in [2.05, 4.69) is 6.92 Å². The van der Waals surface area contributed by atoms with Gasteiger partial charge in [-0.25, -0.2) is 8.42 Å². The van der Waals surface area contributed by atoms with Crippen molar-refractivity contribution in [2.24, 2.45) is 0 Å². The summed E-state index contributed by atoms with van der Waals surface area (Å²) in [7, 11) is -2.53. The minimum absolute atomic E-state index is 0.586. The van der Waals surface area contributed by atoms with E-state index >= 15 is 0 Å². The molecule has 0 saturated carbocycles. The Balaban J connectivity index is 2.56. The van der Waals surface area contributed by atoms with Crippen molar-refractivity contribution in [2.75, 3.05) is 10.8 Å². The lowest BCUT2D eigenvalue weighted by molar-refractivity contribution is 0.604. The zero-order valence-corrected chi connectivity index (χ0v) is 10.5. The minimum atomic E-state index is -2.53. The Morgan fingerprint density at radius 3 is 2.31 bits per heavy atom. The number of nitrogens with zero attached hydrogens (tertiary/aromatic N) is 1. The molecule has 0 spiro atoms. The van der Waals surface area contributed by atoms with Crippen LogP contribution in [0.3, 0.4) is 0 Å². The Hall–Kier alpha value is -1.03. The second-order valence-electron chi connectivity index (χ2n) is 3.76. The largest absolute Gasteiger partial charge is 0.272 e. The highest BCUT2D eigenvalue weighted by Gasteiger charge is 2.06. The molecule has 1 rings (SSSR count). The van der Waals surface area contributed by atoms with Crippen LogP contribution in [0.5, 0.6) is 0 Å². The van der Waals surface area contributed by atoms with Gasteiger partial charge in [0, 0.05) is 6.54 Å². The summed E-state index contributed by atoms with van der Waals surface area (Å²) < 4.78 is 23.7. The summed E-state index contributed by atoms with van der Waals surface area (Å²) in [6.45, 7) is 2.73. The predicted molar refractivity (Wildman–Crippen MR) is 68.2 cm³/mol.